The second kappa shape index (κ2) is 11.2. The van der Waals surface area contributed by atoms with E-state index in [2.05, 4.69) is 42.2 Å². The van der Waals surface area contributed by atoms with Crippen LogP contribution < -0.4 is 14.8 Å². The van der Waals surface area contributed by atoms with Crippen molar-refractivity contribution in [1.82, 2.24) is 5.32 Å². The second-order valence-corrected chi connectivity index (χ2v) is 10.6. The highest BCUT2D eigenvalue weighted by atomic mass is 79.9. The van der Waals surface area contributed by atoms with Crippen LogP contribution in [-0.4, -0.2) is 18.2 Å². The Kier molecular flexibility index (Phi) is 8.26. The molecule has 0 aliphatic carbocycles. The van der Waals surface area contributed by atoms with Gasteiger partial charge in [-0.15, -0.1) is 0 Å². The first-order chi connectivity index (χ1) is 16.3. The third kappa shape index (κ3) is 5.98. The van der Waals surface area contributed by atoms with Crippen LogP contribution in [0.25, 0.3) is 6.08 Å². The number of amides is 1. The normalized spacial score (nSPS) is 15.6. The zero-order valence-electron chi connectivity index (χ0n) is 17.6. The van der Waals surface area contributed by atoms with Crippen molar-refractivity contribution in [3.8, 4) is 11.5 Å². The van der Waals surface area contributed by atoms with E-state index >= 15 is 0 Å². The molecule has 1 N–H and O–H groups in total. The lowest BCUT2D eigenvalue weighted by atomic mass is 10.2. The molecule has 34 heavy (non-hydrogen) atoms. The lowest BCUT2D eigenvalue weighted by Gasteiger charge is -2.12. The number of benzene rings is 3. The van der Waals surface area contributed by atoms with E-state index in [9.17, 15) is 4.79 Å². The summed E-state index contributed by atoms with van der Waals surface area (Å²) in [6.45, 7) is 0.370. The lowest BCUT2D eigenvalue weighted by Crippen LogP contribution is -2.19. The summed E-state index contributed by atoms with van der Waals surface area (Å²) in [7, 11) is 1.57. The molecule has 0 aromatic heterocycles. The summed E-state index contributed by atoms with van der Waals surface area (Å²) in [4.78, 5) is 17.4. The Labute approximate surface area is 227 Å². The fourth-order valence-corrected chi connectivity index (χ4v) is 5.34. The van der Waals surface area contributed by atoms with E-state index in [4.69, 9.17) is 32.7 Å². The van der Waals surface area contributed by atoms with Gasteiger partial charge in [-0.05, 0) is 59.8 Å². The molecule has 1 amide bonds. The molecule has 0 radical (unpaired) electrons. The number of amidine groups is 1. The van der Waals surface area contributed by atoms with Gasteiger partial charge in [0.2, 0.25) is 0 Å². The van der Waals surface area contributed by atoms with Crippen molar-refractivity contribution in [2.24, 2.45) is 4.99 Å². The first kappa shape index (κ1) is 25.1. The van der Waals surface area contributed by atoms with Gasteiger partial charge in [0, 0.05) is 14.5 Å². The number of hydrogen-bond donors (Lipinski definition) is 1. The Balaban J connectivity index is 1.51. The van der Waals surface area contributed by atoms with Crippen molar-refractivity contribution in [3.05, 3.63) is 89.6 Å². The topological polar surface area (TPSA) is 59.9 Å². The van der Waals surface area contributed by atoms with Crippen LogP contribution in [0.1, 0.15) is 11.1 Å². The van der Waals surface area contributed by atoms with Crippen molar-refractivity contribution >= 4 is 89.7 Å². The van der Waals surface area contributed by atoms with Gasteiger partial charge in [-0.1, -0.05) is 73.3 Å². The Hall–Kier alpha value is -1.97. The molecule has 1 aliphatic rings. The van der Waals surface area contributed by atoms with Crippen LogP contribution >= 0.6 is 66.8 Å². The van der Waals surface area contributed by atoms with Crippen molar-refractivity contribution < 1.29 is 14.3 Å². The van der Waals surface area contributed by atoms with Crippen LogP contribution in [0.5, 0.6) is 11.5 Å². The molecular weight excluding hydrogens is 627 g/mol. The minimum absolute atomic E-state index is 0.249. The average Bonchev–Trinajstić information content (AvgIpc) is 3.15. The summed E-state index contributed by atoms with van der Waals surface area (Å²) in [5, 5.41) is 3.90. The van der Waals surface area contributed by atoms with Crippen molar-refractivity contribution in [2.75, 3.05) is 7.11 Å². The lowest BCUT2D eigenvalue weighted by molar-refractivity contribution is -0.115. The maximum Gasteiger partial charge on any atom is 0.264 e. The number of ether oxygens (including phenoxy) is 2. The monoisotopic (exact) mass is 640 g/mol. The molecule has 0 atom stereocenters. The SMILES string of the molecule is COc1cc(/C=C2\SC(=Nc3cccc(Cl)c3Cl)NC2=O)ccc1OCc1ccc(Br)cc1Br. The maximum atomic E-state index is 12.5. The molecule has 5 nitrogen and oxygen atoms in total. The van der Waals surface area contributed by atoms with Crippen LogP contribution in [0.2, 0.25) is 10.0 Å². The molecule has 0 bridgehead atoms. The molecule has 0 spiro atoms. The minimum atomic E-state index is -0.249. The molecule has 3 aromatic carbocycles. The summed E-state index contributed by atoms with van der Waals surface area (Å²) in [5.74, 6) is 0.910. The van der Waals surface area contributed by atoms with Gasteiger partial charge in [0.1, 0.15) is 6.61 Å². The maximum absolute atomic E-state index is 12.5. The molecule has 1 aliphatic heterocycles. The summed E-state index contributed by atoms with van der Waals surface area (Å²) in [6, 6.07) is 16.5. The molecule has 1 saturated heterocycles. The molecule has 10 heteroatoms. The van der Waals surface area contributed by atoms with Gasteiger partial charge in [0.05, 0.1) is 27.7 Å². The molecule has 0 saturated carbocycles. The van der Waals surface area contributed by atoms with Crippen LogP contribution in [0.15, 0.2) is 73.4 Å². The summed E-state index contributed by atoms with van der Waals surface area (Å²) < 4.78 is 13.4. The van der Waals surface area contributed by atoms with Gasteiger partial charge in [0.15, 0.2) is 16.7 Å². The largest absolute Gasteiger partial charge is 0.493 e. The predicted molar refractivity (Wildman–Crippen MR) is 146 cm³/mol. The predicted octanol–water partition coefficient (Wildman–Crippen LogP) is 8.00. The van der Waals surface area contributed by atoms with Gasteiger partial charge >= 0.3 is 0 Å². The number of nitrogens with one attached hydrogen (secondary N) is 1. The molecule has 0 unspecified atom stereocenters. The van der Waals surface area contributed by atoms with Crippen LogP contribution in [0.3, 0.4) is 0 Å². The van der Waals surface area contributed by atoms with E-state index in [0.29, 0.717) is 43.9 Å². The Morgan fingerprint density at radius 1 is 1.09 bits per heavy atom. The van der Waals surface area contributed by atoms with Crippen LogP contribution in [-0.2, 0) is 11.4 Å². The molecule has 1 fully saturated rings. The van der Waals surface area contributed by atoms with Gasteiger partial charge in [-0.25, -0.2) is 4.99 Å². The number of hydrogen-bond acceptors (Lipinski definition) is 5. The van der Waals surface area contributed by atoms with Gasteiger partial charge in [-0.2, -0.15) is 0 Å². The molecular formula is C24H16Br2Cl2N2O3S. The average molecular weight is 643 g/mol. The number of aliphatic imine (C=N–C) groups is 1. The summed E-state index contributed by atoms with van der Waals surface area (Å²) >= 11 is 20.4. The highest BCUT2D eigenvalue weighted by molar-refractivity contribution is 9.11. The highest BCUT2D eigenvalue weighted by Gasteiger charge is 2.24. The number of rotatable bonds is 6. The molecule has 1 heterocycles. The number of halogens is 4. The van der Waals surface area contributed by atoms with E-state index < -0.39 is 0 Å². The minimum Gasteiger partial charge on any atom is -0.493 e. The highest BCUT2D eigenvalue weighted by Crippen LogP contribution is 2.36. The third-order valence-corrected chi connectivity index (χ3v) is 7.64. The van der Waals surface area contributed by atoms with E-state index in [0.717, 1.165) is 20.1 Å². The van der Waals surface area contributed by atoms with Crippen LogP contribution in [0.4, 0.5) is 5.69 Å². The number of carbonyl (C=O) groups excluding carboxylic acids is 1. The van der Waals surface area contributed by atoms with Gasteiger partial charge in [-0.3, -0.25) is 4.79 Å². The van der Waals surface area contributed by atoms with Crippen LogP contribution in [0, 0.1) is 0 Å². The number of carbonyl (C=O) groups is 1. The van der Waals surface area contributed by atoms with E-state index in [-0.39, 0.29) is 5.91 Å². The molecule has 3 aromatic rings. The van der Waals surface area contributed by atoms with Gasteiger partial charge < -0.3 is 14.8 Å². The van der Waals surface area contributed by atoms with Crippen molar-refractivity contribution in [2.45, 2.75) is 6.61 Å². The second-order valence-electron chi connectivity index (χ2n) is 6.99. The van der Waals surface area contributed by atoms with Crippen molar-refractivity contribution in [3.63, 3.8) is 0 Å². The van der Waals surface area contributed by atoms with E-state index in [1.807, 2.05) is 36.4 Å². The first-order valence-corrected chi connectivity index (χ1v) is 13.0. The Morgan fingerprint density at radius 2 is 1.91 bits per heavy atom. The first-order valence-electron chi connectivity index (χ1n) is 9.82. The van der Waals surface area contributed by atoms with Gasteiger partial charge in [0.25, 0.3) is 5.91 Å². The van der Waals surface area contributed by atoms with Crippen molar-refractivity contribution in [1.29, 1.82) is 0 Å². The zero-order valence-corrected chi connectivity index (χ0v) is 23.1. The molecule has 174 valence electrons. The number of methoxy groups -OCH3 is 1. The number of nitrogens with zero attached hydrogens (tertiary/aromatic N) is 1. The smallest absolute Gasteiger partial charge is 0.264 e. The Morgan fingerprint density at radius 3 is 2.68 bits per heavy atom. The zero-order chi connectivity index (χ0) is 24.2. The molecule has 4 rings (SSSR count). The number of thioether (sulfide) groups is 1. The standard InChI is InChI=1S/C24H16Br2Cl2N2O3S/c1-32-20-9-13(5-8-19(20)33-12-14-6-7-15(25)11-16(14)26)10-21-23(31)30-24(34-21)29-18-4-2-3-17(27)22(18)28/h2-11H,12H2,1H3,(H,29,30,31)/b21-10-. The van der Waals surface area contributed by atoms with E-state index in [1.165, 1.54) is 11.8 Å². The quantitative estimate of drug-likeness (QED) is 0.277. The third-order valence-electron chi connectivity index (χ3n) is 4.69. The Bertz CT molecular complexity index is 1330. The summed E-state index contributed by atoms with van der Waals surface area (Å²) in [5.41, 5.74) is 2.27. The fraction of sp³-hybridized carbons (Fsp3) is 0.0833. The van der Waals surface area contributed by atoms with E-state index in [1.54, 1.807) is 31.4 Å². The summed E-state index contributed by atoms with van der Waals surface area (Å²) in [6.07, 6.45) is 1.76. The fourth-order valence-electron chi connectivity index (χ4n) is 3.01.